The Morgan fingerprint density at radius 3 is 2.36 bits per heavy atom. The average molecular weight is 394 g/mol. The summed E-state index contributed by atoms with van der Waals surface area (Å²) in [5.74, 6) is 2.20. The summed E-state index contributed by atoms with van der Waals surface area (Å²) in [7, 11) is 0. The fourth-order valence-electron chi connectivity index (χ4n) is 3.01. The maximum atomic E-state index is 4.41. The third-order valence-corrected chi connectivity index (χ3v) is 4.22. The molecule has 0 bridgehead atoms. The number of hydrogen-bond donors (Lipinski definition) is 2. The van der Waals surface area contributed by atoms with E-state index in [1.54, 1.807) is 0 Å². The summed E-state index contributed by atoms with van der Waals surface area (Å²) in [6.07, 6.45) is 0. The normalized spacial score (nSPS) is 10.4. The van der Waals surface area contributed by atoms with Crippen LogP contribution in [0.25, 0.3) is 22.5 Å². The van der Waals surface area contributed by atoms with Crippen molar-refractivity contribution in [1.29, 1.82) is 0 Å². The van der Waals surface area contributed by atoms with Gasteiger partial charge in [-0.3, -0.25) is 0 Å². The number of nitrogens with zero attached hydrogens (tertiary/aromatic N) is 5. The number of anilines is 1. The highest BCUT2D eigenvalue weighted by Crippen LogP contribution is 2.29. The summed E-state index contributed by atoms with van der Waals surface area (Å²) in [6, 6.07) is 18.4. The van der Waals surface area contributed by atoms with E-state index in [2.05, 4.69) is 66.2 Å². The smallest absolute Gasteiger partial charge is 0.205 e. The van der Waals surface area contributed by atoms with E-state index in [4.69, 9.17) is 0 Å². The lowest BCUT2D eigenvalue weighted by Crippen LogP contribution is -2.03. The Kier molecular flexibility index (Phi) is 5.96. The Hall–Kier alpha value is -3.32. The summed E-state index contributed by atoms with van der Waals surface area (Å²) in [4.78, 5) is 8.71. The Morgan fingerprint density at radius 2 is 1.68 bits per heavy atom. The standard InChI is InChI=1S/C20H19N7.ClH/c1-13-11-19(23-14(2)22-13)21-12-15-7-9-16(10-8-15)17-5-3-4-6-18(17)20-24-26-27-25-20;/h3-11H,12H2,1-2H3,(H,21,22,23)(H,24,25,26,27);1H. The van der Waals surface area contributed by atoms with Gasteiger partial charge in [0.2, 0.25) is 5.82 Å². The van der Waals surface area contributed by atoms with Crippen LogP contribution in [0.5, 0.6) is 0 Å². The summed E-state index contributed by atoms with van der Waals surface area (Å²) in [5, 5.41) is 17.7. The number of tetrazole rings is 1. The quantitative estimate of drug-likeness (QED) is 0.533. The van der Waals surface area contributed by atoms with Gasteiger partial charge in [0.25, 0.3) is 0 Å². The monoisotopic (exact) mass is 393 g/mol. The lowest BCUT2D eigenvalue weighted by Gasteiger charge is -2.10. The first-order valence-corrected chi connectivity index (χ1v) is 8.67. The van der Waals surface area contributed by atoms with E-state index in [9.17, 15) is 0 Å². The van der Waals surface area contributed by atoms with Crippen molar-refractivity contribution in [1.82, 2.24) is 30.6 Å². The van der Waals surface area contributed by atoms with E-state index in [1.165, 1.54) is 5.56 Å². The van der Waals surface area contributed by atoms with Gasteiger partial charge in [-0.2, -0.15) is 5.21 Å². The van der Waals surface area contributed by atoms with Crippen LogP contribution < -0.4 is 5.32 Å². The first-order valence-electron chi connectivity index (χ1n) is 8.67. The molecule has 2 aromatic carbocycles. The second kappa shape index (κ2) is 8.58. The van der Waals surface area contributed by atoms with E-state index in [-0.39, 0.29) is 12.4 Å². The van der Waals surface area contributed by atoms with Crippen LogP contribution in [-0.2, 0) is 6.54 Å². The van der Waals surface area contributed by atoms with E-state index in [0.29, 0.717) is 12.4 Å². The predicted molar refractivity (Wildman–Crippen MR) is 111 cm³/mol. The molecular formula is C20H20ClN7. The molecule has 8 heteroatoms. The zero-order chi connectivity index (χ0) is 18.6. The number of halogens is 1. The minimum atomic E-state index is 0. The molecule has 28 heavy (non-hydrogen) atoms. The zero-order valence-corrected chi connectivity index (χ0v) is 16.4. The molecule has 0 aliphatic carbocycles. The molecule has 7 nitrogen and oxygen atoms in total. The maximum Gasteiger partial charge on any atom is 0.205 e. The van der Waals surface area contributed by atoms with Crippen molar-refractivity contribution in [3.63, 3.8) is 0 Å². The summed E-state index contributed by atoms with van der Waals surface area (Å²) in [6.45, 7) is 4.56. The van der Waals surface area contributed by atoms with Crippen molar-refractivity contribution in [2.24, 2.45) is 0 Å². The van der Waals surface area contributed by atoms with Gasteiger partial charge in [-0.15, -0.1) is 22.6 Å². The minimum Gasteiger partial charge on any atom is -0.366 e. The Bertz CT molecular complexity index is 1030. The molecule has 4 aromatic rings. The van der Waals surface area contributed by atoms with Crippen LogP contribution in [0.15, 0.2) is 54.6 Å². The molecule has 2 heterocycles. The van der Waals surface area contributed by atoms with Gasteiger partial charge in [-0.1, -0.05) is 48.5 Å². The largest absolute Gasteiger partial charge is 0.366 e. The maximum absolute atomic E-state index is 4.41. The highest BCUT2D eigenvalue weighted by molar-refractivity contribution is 5.85. The van der Waals surface area contributed by atoms with Crippen LogP contribution in [0.1, 0.15) is 17.1 Å². The molecule has 0 atom stereocenters. The number of aryl methyl sites for hydroxylation is 2. The van der Waals surface area contributed by atoms with Crippen molar-refractivity contribution < 1.29 is 0 Å². The highest BCUT2D eigenvalue weighted by atomic mass is 35.5. The average Bonchev–Trinajstić information content (AvgIpc) is 3.21. The molecule has 0 fully saturated rings. The van der Waals surface area contributed by atoms with Crippen molar-refractivity contribution in [2.45, 2.75) is 20.4 Å². The number of rotatable bonds is 5. The Morgan fingerprint density at radius 1 is 0.929 bits per heavy atom. The SMILES string of the molecule is Cc1cc(NCc2ccc(-c3ccccc3-c3nn[nH]n3)cc2)nc(C)n1.Cl. The third kappa shape index (κ3) is 4.32. The summed E-state index contributed by atoms with van der Waals surface area (Å²) < 4.78 is 0. The van der Waals surface area contributed by atoms with Gasteiger partial charge in [-0.05, 0) is 35.8 Å². The molecular weight excluding hydrogens is 374 g/mol. The van der Waals surface area contributed by atoms with Crippen molar-refractivity contribution in [3.8, 4) is 22.5 Å². The number of aromatic amines is 1. The molecule has 2 N–H and O–H groups in total. The first-order chi connectivity index (χ1) is 13.2. The van der Waals surface area contributed by atoms with Crippen LogP contribution in [-0.4, -0.2) is 30.6 Å². The van der Waals surface area contributed by atoms with Gasteiger partial charge in [-0.25, -0.2) is 9.97 Å². The fraction of sp³-hybridized carbons (Fsp3) is 0.150. The Labute approximate surface area is 169 Å². The molecule has 0 saturated carbocycles. The van der Waals surface area contributed by atoms with E-state index in [1.807, 2.05) is 38.1 Å². The molecule has 0 aliphatic rings. The van der Waals surface area contributed by atoms with Gasteiger partial charge in [0.1, 0.15) is 11.6 Å². The van der Waals surface area contributed by atoms with Crippen molar-refractivity contribution in [2.75, 3.05) is 5.32 Å². The van der Waals surface area contributed by atoms with Gasteiger partial charge < -0.3 is 5.32 Å². The van der Waals surface area contributed by atoms with E-state index in [0.717, 1.165) is 34.0 Å². The van der Waals surface area contributed by atoms with Crippen LogP contribution in [0.2, 0.25) is 0 Å². The number of aromatic nitrogens is 6. The molecule has 2 aromatic heterocycles. The fourth-order valence-corrected chi connectivity index (χ4v) is 3.01. The number of benzene rings is 2. The lowest BCUT2D eigenvalue weighted by molar-refractivity contribution is 0.881. The number of hydrogen-bond acceptors (Lipinski definition) is 6. The zero-order valence-electron chi connectivity index (χ0n) is 15.5. The molecule has 0 aliphatic heterocycles. The molecule has 0 unspecified atom stereocenters. The van der Waals surface area contributed by atoms with Crippen LogP contribution in [0, 0.1) is 13.8 Å². The Balaban J connectivity index is 0.00000225. The van der Waals surface area contributed by atoms with Gasteiger partial charge in [0, 0.05) is 23.9 Å². The van der Waals surface area contributed by atoms with Gasteiger partial charge in [0.15, 0.2) is 0 Å². The van der Waals surface area contributed by atoms with Gasteiger partial charge in [0.05, 0.1) is 0 Å². The third-order valence-electron chi connectivity index (χ3n) is 4.22. The van der Waals surface area contributed by atoms with Gasteiger partial charge >= 0.3 is 0 Å². The predicted octanol–water partition coefficient (Wildman–Crippen LogP) is 3.97. The molecule has 142 valence electrons. The lowest BCUT2D eigenvalue weighted by atomic mass is 9.98. The second-order valence-corrected chi connectivity index (χ2v) is 6.27. The topological polar surface area (TPSA) is 92.3 Å². The van der Waals surface area contributed by atoms with E-state index < -0.39 is 0 Å². The van der Waals surface area contributed by atoms with Crippen LogP contribution in [0.3, 0.4) is 0 Å². The molecule has 4 rings (SSSR count). The van der Waals surface area contributed by atoms with Crippen molar-refractivity contribution in [3.05, 3.63) is 71.7 Å². The second-order valence-electron chi connectivity index (χ2n) is 6.27. The van der Waals surface area contributed by atoms with E-state index >= 15 is 0 Å². The molecule has 0 saturated heterocycles. The first kappa shape index (κ1) is 19.4. The highest BCUT2D eigenvalue weighted by Gasteiger charge is 2.10. The molecule has 0 amide bonds. The minimum absolute atomic E-state index is 0. The molecule has 0 radical (unpaired) electrons. The summed E-state index contributed by atoms with van der Waals surface area (Å²) in [5.41, 5.74) is 5.25. The summed E-state index contributed by atoms with van der Waals surface area (Å²) >= 11 is 0. The van der Waals surface area contributed by atoms with Crippen LogP contribution in [0.4, 0.5) is 5.82 Å². The number of H-pyrrole nitrogens is 1. The molecule has 0 spiro atoms. The van der Waals surface area contributed by atoms with Crippen LogP contribution >= 0.6 is 12.4 Å². The van der Waals surface area contributed by atoms with Crippen molar-refractivity contribution >= 4 is 18.2 Å². The number of nitrogens with one attached hydrogen (secondary N) is 2.